The number of hydrogen-bond donors (Lipinski definition) is 2. The Kier molecular flexibility index (Phi) is 5.00. The van der Waals surface area contributed by atoms with Crippen LogP contribution in [0.15, 0.2) is 35.1 Å². The highest BCUT2D eigenvalue weighted by Gasteiger charge is 2.18. The lowest BCUT2D eigenvalue weighted by molar-refractivity contribution is -0.141. The third-order valence-electron chi connectivity index (χ3n) is 3.47. The first-order valence-corrected chi connectivity index (χ1v) is 7.14. The van der Waals surface area contributed by atoms with E-state index in [2.05, 4.69) is 10.3 Å². The molecule has 1 aromatic carbocycles. The zero-order valence-corrected chi connectivity index (χ0v) is 13.2. The Morgan fingerprint density at radius 2 is 2.17 bits per heavy atom. The van der Waals surface area contributed by atoms with Crippen LogP contribution in [-0.4, -0.2) is 40.6 Å². The summed E-state index contributed by atoms with van der Waals surface area (Å²) in [4.78, 5) is 28.5. The van der Waals surface area contributed by atoms with Gasteiger partial charge in [0.1, 0.15) is 6.26 Å². The average molecular weight is 317 g/mol. The Hall–Kier alpha value is -2.83. The number of aliphatic carboxylic acids is 1. The molecule has 0 aliphatic rings. The third-order valence-corrected chi connectivity index (χ3v) is 3.47. The van der Waals surface area contributed by atoms with Crippen molar-refractivity contribution >= 4 is 17.7 Å². The second-order valence-electron chi connectivity index (χ2n) is 5.42. The average Bonchev–Trinajstić information content (AvgIpc) is 3.03. The smallest absolute Gasteiger partial charge is 0.321 e. The summed E-state index contributed by atoms with van der Waals surface area (Å²) in [6.07, 6.45) is 3.03. The molecule has 2 N–H and O–H groups in total. The van der Waals surface area contributed by atoms with Gasteiger partial charge in [-0.05, 0) is 24.6 Å². The van der Waals surface area contributed by atoms with Crippen molar-refractivity contribution in [2.24, 2.45) is 5.92 Å². The number of carbonyl (C=O) groups is 2. The number of nitrogens with zero attached hydrogens (tertiary/aromatic N) is 2. The van der Waals surface area contributed by atoms with E-state index in [1.165, 1.54) is 11.2 Å². The Bertz CT molecular complexity index is 697. The van der Waals surface area contributed by atoms with Gasteiger partial charge in [0, 0.05) is 24.8 Å². The lowest BCUT2D eigenvalue weighted by Crippen LogP contribution is -2.36. The molecular weight excluding hydrogens is 298 g/mol. The van der Waals surface area contributed by atoms with Gasteiger partial charge in [0.15, 0.2) is 0 Å². The van der Waals surface area contributed by atoms with Crippen LogP contribution in [0.2, 0.25) is 0 Å². The quantitative estimate of drug-likeness (QED) is 0.884. The molecule has 0 aliphatic carbocycles. The minimum Gasteiger partial charge on any atom is -0.481 e. The molecule has 0 saturated carbocycles. The molecule has 0 bridgehead atoms. The van der Waals surface area contributed by atoms with Crippen LogP contribution in [0.4, 0.5) is 10.5 Å². The summed E-state index contributed by atoms with van der Waals surface area (Å²) in [5.74, 6) is -1.11. The van der Waals surface area contributed by atoms with Gasteiger partial charge in [-0.25, -0.2) is 9.78 Å². The predicted octanol–water partition coefficient (Wildman–Crippen LogP) is 2.83. The van der Waals surface area contributed by atoms with Gasteiger partial charge in [-0.3, -0.25) is 4.79 Å². The zero-order valence-electron chi connectivity index (χ0n) is 13.2. The Morgan fingerprint density at radius 3 is 2.78 bits per heavy atom. The number of oxazole rings is 1. The van der Waals surface area contributed by atoms with Crippen molar-refractivity contribution in [2.75, 3.05) is 18.9 Å². The standard InChI is InChI=1S/C16H19N3O4/c1-10-4-5-12(14-17-6-7-23-14)8-13(10)18-16(22)19(3)9-11(2)15(20)21/h4-8,11H,9H2,1-3H3,(H,18,22)(H,20,21). The van der Waals surface area contributed by atoms with E-state index in [9.17, 15) is 9.59 Å². The molecule has 7 heteroatoms. The minimum atomic E-state index is -0.938. The summed E-state index contributed by atoms with van der Waals surface area (Å²) in [5.41, 5.74) is 2.26. The molecule has 0 spiro atoms. The largest absolute Gasteiger partial charge is 0.481 e. The Balaban J connectivity index is 2.11. The highest BCUT2D eigenvalue weighted by molar-refractivity contribution is 5.91. The van der Waals surface area contributed by atoms with Crippen molar-refractivity contribution in [1.82, 2.24) is 9.88 Å². The fourth-order valence-electron chi connectivity index (χ4n) is 2.04. The fraction of sp³-hybridized carbons (Fsp3) is 0.312. The molecular formula is C16H19N3O4. The maximum absolute atomic E-state index is 12.2. The number of nitrogens with one attached hydrogen (secondary N) is 1. The van der Waals surface area contributed by atoms with Crippen molar-refractivity contribution in [3.05, 3.63) is 36.2 Å². The lowest BCUT2D eigenvalue weighted by atomic mass is 10.1. The SMILES string of the molecule is Cc1ccc(-c2ncco2)cc1NC(=O)N(C)CC(C)C(=O)O. The Morgan fingerprint density at radius 1 is 1.43 bits per heavy atom. The van der Waals surface area contributed by atoms with Gasteiger partial charge in [0.05, 0.1) is 12.1 Å². The van der Waals surface area contributed by atoms with E-state index in [1.54, 1.807) is 26.2 Å². The topological polar surface area (TPSA) is 95.7 Å². The number of carboxylic acids is 1. The van der Waals surface area contributed by atoms with Crippen LogP contribution < -0.4 is 5.32 Å². The van der Waals surface area contributed by atoms with Gasteiger partial charge in [0.25, 0.3) is 0 Å². The van der Waals surface area contributed by atoms with Crippen molar-refractivity contribution < 1.29 is 19.1 Å². The number of rotatable bonds is 5. The molecule has 1 aromatic heterocycles. The molecule has 1 unspecified atom stereocenters. The van der Waals surface area contributed by atoms with E-state index in [0.717, 1.165) is 11.1 Å². The molecule has 0 radical (unpaired) electrons. The number of urea groups is 1. The van der Waals surface area contributed by atoms with Crippen molar-refractivity contribution in [3.63, 3.8) is 0 Å². The number of hydrogen-bond acceptors (Lipinski definition) is 4. The molecule has 1 heterocycles. The molecule has 1 atom stereocenters. The van der Waals surface area contributed by atoms with Gasteiger partial charge in [-0.15, -0.1) is 0 Å². The van der Waals surface area contributed by atoms with Gasteiger partial charge >= 0.3 is 12.0 Å². The first kappa shape index (κ1) is 16.5. The van der Waals surface area contributed by atoms with Gasteiger partial charge in [-0.1, -0.05) is 13.0 Å². The highest BCUT2D eigenvalue weighted by Crippen LogP contribution is 2.24. The summed E-state index contributed by atoms with van der Waals surface area (Å²) >= 11 is 0. The minimum absolute atomic E-state index is 0.125. The first-order valence-electron chi connectivity index (χ1n) is 7.14. The van der Waals surface area contributed by atoms with Gasteiger partial charge in [0.2, 0.25) is 5.89 Å². The molecule has 0 fully saturated rings. The third kappa shape index (κ3) is 4.09. The van der Waals surface area contributed by atoms with E-state index in [1.807, 2.05) is 19.1 Å². The molecule has 2 aromatic rings. The van der Waals surface area contributed by atoms with E-state index in [-0.39, 0.29) is 12.6 Å². The number of amides is 2. The molecule has 2 rings (SSSR count). The van der Waals surface area contributed by atoms with Crippen LogP contribution >= 0.6 is 0 Å². The summed E-state index contributed by atoms with van der Waals surface area (Å²) in [5, 5.41) is 11.7. The summed E-state index contributed by atoms with van der Waals surface area (Å²) < 4.78 is 5.25. The first-order chi connectivity index (χ1) is 10.9. The zero-order chi connectivity index (χ0) is 17.0. The number of benzene rings is 1. The monoisotopic (exact) mass is 317 g/mol. The van der Waals surface area contributed by atoms with Crippen molar-refractivity contribution in [1.29, 1.82) is 0 Å². The number of carboxylic acid groups (broad SMARTS) is 1. The van der Waals surface area contributed by atoms with Crippen LogP contribution in [-0.2, 0) is 4.79 Å². The summed E-state index contributed by atoms with van der Waals surface area (Å²) in [7, 11) is 1.56. The van der Waals surface area contributed by atoms with Crippen LogP contribution in [0.5, 0.6) is 0 Å². The molecule has 2 amide bonds. The van der Waals surface area contributed by atoms with E-state index in [4.69, 9.17) is 9.52 Å². The molecule has 23 heavy (non-hydrogen) atoms. The highest BCUT2D eigenvalue weighted by atomic mass is 16.4. The number of aryl methyl sites for hydroxylation is 1. The second kappa shape index (κ2) is 6.95. The number of anilines is 1. The molecule has 0 saturated heterocycles. The van der Waals surface area contributed by atoms with E-state index < -0.39 is 11.9 Å². The second-order valence-corrected chi connectivity index (χ2v) is 5.42. The van der Waals surface area contributed by atoms with Crippen LogP contribution in [0.1, 0.15) is 12.5 Å². The van der Waals surface area contributed by atoms with Crippen LogP contribution in [0.3, 0.4) is 0 Å². The van der Waals surface area contributed by atoms with Gasteiger partial charge in [-0.2, -0.15) is 0 Å². The normalized spacial score (nSPS) is 11.8. The fourth-order valence-corrected chi connectivity index (χ4v) is 2.04. The summed E-state index contributed by atoms with van der Waals surface area (Å²) in [6, 6.07) is 5.11. The van der Waals surface area contributed by atoms with Crippen LogP contribution in [0.25, 0.3) is 11.5 Å². The van der Waals surface area contributed by atoms with Crippen LogP contribution in [0, 0.1) is 12.8 Å². The Labute approximate surface area is 133 Å². The van der Waals surface area contributed by atoms with E-state index >= 15 is 0 Å². The van der Waals surface area contributed by atoms with Crippen molar-refractivity contribution in [3.8, 4) is 11.5 Å². The van der Waals surface area contributed by atoms with Gasteiger partial charge < -0.3 is 19.7 Å². The van der Waals surface area contributed by atoms with E-state index in [0.29, 0.717) is 11.6 Å². The lowest BCUT2D eigenvalue weighted by Gasteiger charge is -2.20. The van der Waals surface area contributed by atoms with Crippen molar-refractivity contribution in [2.45, 2.75) is 13.8 Å². The summed E-state index contributed by atoms with van der Waals surface area (Å²) in [6.45, 7) is 3.55. The number of carbonyl (C=O) groups excluding carboxylic acids is 1. The maximum atomic E-state index is 12.2. The molecule has 122 valence electrons. The maximum Gasteiger partial charge on any atom is 0.321 e. The number of aromatic nitrogens is 1. The molecule has 7 nitrogen and oxygen atoms in total. The predicted molar refractivity (Wildman–Crippen MR) is 85.1 cm³/mol. The molecule has 0 aliphatic heterocycles.